The molecule has 0 unspecified atom stereocenters. The van der Waals surface area contributed by atoms with Gasteiger partial charge in [-0.05, 0) is 54.8 Å². The second kappa shape index (κ2) is 11.6. The zero-order valence-corrected chi connectivity index (χ0v) is 27.1. The van der Waals surface area contributed by atoms with Crippen molar-refractivity contribution in [2.75, 3.05) is 0 Å². The van der Waals surface area contributed by atoms with Crippen molar-refractivity contribution in [3.63, 3.8) is 0 Å². The molecule has 0 saturated heterocycles. The SMILES string of the molecule is C=C/C=C\C(=C/C)n1ccc2cc3c4c(ccc5cccc(c54)n3-c3ccc(-c4cc(-c5ccccc5)nc(-c5ccccc5)n4)cc3)c21. The van der Waals surface area contributed by atoms with Gasteiger partial charge in [-0.1, -0.05) is 122 Å². The average Bonchev–Trinajstić information content (AvgIpc) is 3.75. The van der Waals surface area contributed by atoms with Gasteiger partial charge < -0.3 is 9.13 Å². The molecule has 0 aliphatic rings. The van der Waals surface area contributed by atoms with Gasteiger partial charge in [0.1, 0.15) is 0 Å². The summed E-state index contributed by atoms with van der Waals surface area (Å²) >= 11 is 0. The third-order valence-corrected chi connectivity index (χ3v) is 9.45. The highest BCUT2D eigenvalue weighted by molar-refractivity contribution is 6.29. The Bertz CT molecular complexity index is 2650. The zero-order chi connectivity index (χ0) is 32.9. The summed E-state index contributed by atoms with van der Waals surface area (Å²) in [6, 6.07) is 47.1. The molecule has 4 heteroatoms. The summed E-state index contributed by atoms with van der Waals surface area (Å²) in [5.74, 6) is 0.714. The molecule has 0 bridgehead atoms. The second-order valence-corrected chi connectivity index (χ2v) is 12.3. The smallest absolute Gasteiger partial charge is 0.160 e. The first-order valence-corrected chi connectivity index (χ1v) is 16.6. The van der Waals surface area contributed by atoms with E-state index < -0.39 is 0 Å². The lowest BCUT2D eigenvalue weighted by molar-refractivity contribution is 1.17. The molecule has 0 N–H and O–H groups in total. The van der Waals surface area contributed by atoms with Gasteiger partial charge in [0.05, 0.1) is 27.9 Å². The van der Waals surface area contributed by atoms with Crippen LogP contribution >= 0.6 is 0 Å². The maximum atomic E-state index is 5.06. The predicted molar refractivity (Wildman–Crippen MR) is 206 cm³/mol. The molecule has 0 aliphatic heterocycles. The molecule has 3 heterocycles. The molecule has 0 atom stereocenters. The Kier molecular flexibility index (Phi) is 6.80. The summed E-state index contributed by atoms with van der Waals surface area (Å²) in [7, 11) is 0. The lowest BCUT2D eigenvalue weighted by Crippen LogP contribution is -1.97. The number of aromatic nitrogens is 4. The minimum absolute atomic E-state index is 0.714. The van der Waals surface area contributed by atoms with Gasteiger partial charge in [0, 0.05) is 55.8 Å². The van der Waals surface area contributed by atoms with Crippen LogP contribution in [0.25, 0.3) is 88.8 Å². The van der Waals surface area contributed by atoms with E-state index in [0.717, 1.165) is 39.5 Å². The van der Waals surface area contributed by atoms with Crippen LogP contribution in [0.15, 0.2) is 171 Å². The third kappa shape index (κ3) is 4.68. The molecule has 0 fully saturated rings. The molecule has 9 rings (SSSR count). The highest BCUT2D eigenvalue weighted by atomic mass is 15.0. The van der Waals surface area contributed by atoms with Gasteiger partial charge in [0.2, 0.25) is 0 Å². The number of hydrogen-bond acceptors (Lipinski definition) is 2. The molecule has 6 aromatic carbocycles. The summed E-state index contributed by atoms with van der Waals surface area (Å²) < 4.78 is 4.69. The molecule has 0 spiro atoms. The van der Waals surface area contributed by atoms with Gasteiger partial charge >= 0.3 is 0 Å². The van der Waals surface area contributed by atoms with Gasteiger partial charge in [-0.3, -0.25) is 0 Å². The van der Waals surface area contributed by atoms with Crippen molar-refractivity contribution in [1.82, 2.24) is 19.1 Å². The van der Waals surface area contributed by atoms with Crippen molar-refractivity contribution in [3.8, 4) is 39.6 Å². The van der Waals surface area contributed by atoms with Crippen LogP contribution in [0.5, 0.6) is 0 Å². The van der Waals surface area contributed by atoms with Crippen LogP contribution in [0.4, 0.5) is 0 Å². The monoisotopic (exact) mass is 628 g/mol. The van der Waals surface area contributed by atoms with Crippen molar-refractivity contribution >= 4 is 49.2 Å². The summed E-state index contributed by atoms with van der Waals surface area (Å²) in [5, 5.41) is 6.25. The van der Waals surface area contributed by atoms with Crippen molar-refractivity contribution in [2.24, 2.45) is 0 Å². The van der Waals surface area contributed by atoms with Gasteiger partial charge in [-0.15, -0.1) is 0 Å². The molecule has 49 heavy (non-hydrogen) atoms. The lowest BCUT2D eigenvalue weighted by atomic mass is 10.0. The summed E-state index contributed by atoms with van der Waals surface area (Å²) in [5.41, 5.74) is 10.7. The maximum absolute atomic E-state index is 5.06. The highest BCUT2D eigenvalue weighted by Gasteiger charge is 2.20. The minimum Gasteiger partial charge on any atom is -0.316 e. The Morgan fingerprint density at radius 1 is 0.633 bits per heavy atom. The first-order valence-electron chi connectivity index (χ1n) is 16.6. The number of fused-ring (bicyclic) bond motifs is 2. The fraction of sp³-hybridized carbons (Fsp3) is 0.0222. The van der Waals surface area contributed by atoms with E-state index >= 15 is 0 Å². The molecule has 0 aliphatic carbocycles. The topological polar surface area (TPSA) is 35.6 Å². The fourth-order valence-corrected chi connectivity index (χ4v) is 7.21. The first-order chi connectivity index (χ1) is 24.2. The Labute approximate surface area is 284 Å². The van der Waals surface area contributed by atoms with Crippen molar-refractivity contribution < 1.29 is 0 Å². The van der Waals surface area contributed by atoms with Crippen LogP contribution < -0.4 is 0 Å². The van der Waals surface area contributed by atoms with Gasteiger partial charge in [-0.2, -0.15) is 0 Å². The van der Waals surface area contributed by atoms with E-state index in [0.29, 0.717) is 5.82 Å². The highest BCUT2D eigenvalue weighted by Crippen LogP contribution is 2.43. The molecule has 0 radical (unpaired) electrons. The van der Waals surface area contributed by atoms with Crippen LogP contribution in [-0.4, -0.2) is 19.1 Å². The summed E-state index contributed by atoms with van der Waals surface area (Å²) in [4.78, 5) is 10.0. The maximum Gasteiger partial charge on any atom is 0.160 e. The molecular formula is C45H32N4. The van der Waals surface area contributed by atoms with Crippen LogP contribution in [0, 0.1) is 0 Å². The minimum atomic E-state index is 0.714. The largest absolute Gasteiger partial charge is 0.316 e. The normalized spacial score (nSPS) is 12.3. The zero-order valence-electron chi connectivity index (χ0n) is 27.1. The quantitative estimate of drug-likeness (QED) is 0.130. The lowest BCUT2D eigenvalue weighted by Gasteiger charge is -2.12. The third-order valence-electron chi connectivity index (χ3n) is 9.45. The van der Waals surface area contributed by atoms with Crippen molar-refractivity contribution in [2.45, 2.75) is 6.92 Å². The van der Waals surface area contributed by atoms with Gasteiger partial charge in [0.15, 0.2) is 5.82 Å². The van der Waals surface area contributed by atoms with Crippen molar-refractivity contribution in [3.05, 3.63) is 171 Å². The summed E-state index contributed by atoms with van der Waals surface area (Å²) in [6.45, 7) is 5.95. The fourth-order valence-electron chi connectivity index (χ4n) is 7.21. The molecule has 0 amide bonds. The Hall–Kier alpha value is -6.52. The number of hydrogen-bond donors (Lipinski definition) is 0. The van der Waals surface area contributed by atoms with Crippen LogP contribution in [0.3, 0.4) is 0 Å². The van der Waals surface area contributed by atoms with Gasteiger partial charge in [-0.25, -0.2) is 9.97 Å². The average molecular weight is 629 g/mol. The predicted octanol–water partition coefficient (Wildman–Crippen LogP) is 11.7. The van der Waals surface area contributed by atoms with E-state index in [2.05, 4.69) is 138 Å². The number of nitrogens with zero attached hydrogens (tertiary/aromatic N) is 4. The van der Waals surface area contributed by atoms with E-state index in [4.69, 9.17) is 9.97 Å². The van der Waals surface area contributed by atoms with Crippen LogP contribution in [0.2, 0.25) is 0 Å². The molecular weight excluding hydrogens is 597 g/mol. The standard InChI is InChI=1S/C45H32N4/c1-3-5-18-35(4-2)48-27-26-34-28-41-43-37(44(34)48)25-22-32-17-12-19-40(42(32)43)49(41)36-23-20-31(21-24-36)39-29-38(30-13-8-6-9-14-30)46-45(47-39)33-15-10-7-11-16-33/h3-29H,1H2,2H3/b18-5-,35-4+. The molecule has 4 nitrogen and oxygen atoms in total. The Morgan fingerprint density at radius 3 is 2.06 bits per heavy atom. The molecule has 9 aromatic rings. The van der Waals surface area contributed by atoms with E-state index in [1.54, 1.807) is 0 Å². The van der Waals surface area contributed by atoms with Crippen molar-refractivity contribution in [1.29, 1.82) is 0 Å². The molecule has 0 saturated carbocycles. The Morgan fingerprint density at radius 2 is 1.35 bits per heavy atom. The van der Waals surface area contributed by atoms with Crippen LogP contribution in [-0.2, 0) is 0 Å². The van der Waals surface area contributed by atoms with E-state index in [1.807, 2.05) is 48.6 Å². The molecule has 3 aromatic heterocycles. The first kappa shape index (κ1) is 28.7. The number of rotatable bonds is 7. The summed E-state index contributed by atoms with van der Waals surface area (Å²) in [6.07, 6.45) is 10.2. The molecule has 232 valence electrons. The second-order valence-electron chi connectivity index (χ2n) is 12.3. The number of allylic oxidation sites excluding steroid dienone is 5. The van der Waals surface area contributed by atoms with Crippen LogP contribution in [0.1, 0.15) is 6.92 Å². The van der Waals surface area contributed by atoms with E-state index in [1.165, 1.54) is 43.5 Å². The van der Waals surface area contributed by atoms with E-state index in [-0.39, 0.29) is 0 Å². The Balaban J connectivity index is 1.22. The van der Waals surface area contributed by atoms with Gasteiger partial charge in [0.25, 0.3) is 0 Å². The van der Waals surface area contributed by atoms with E-state index in [9.17, 15) is 0 Å². The number of benzene rings is 6.